The molecular weight excluding hydrogens is 889 g/mol. The van der Waals surface area contributed by atoms with Gasteiger partial charge in [-0.3, -0.25) is 14.2 Å². The van der Waals surface area contributed by atoms with Crippen LogP contribution in [-0.2, 0) is 48.4 Å². The van der Waals surface area contributed by atoms with Gasteiger partial charge in [-0.1, -0.05) is 51.3 Å². The van der Waals surface area contributed by atoms with E-state index in [4.69, 9.17) is 9.47 Å². The Morgan fingerprint density at radius 1 is 0.582 bits per heavy atom. The van der Waals surface area contributed by atoms with Gasteiger partial charge in [0.1, 0.15) is 5.78 Å². The largest absolute Gasteiger partial charge is 0.348 e. The maximum Gasteiger partial charge on any atom is 0.269 e. The van der Waals surface area contributed by atoms with Crippen molar-refractivity contribution in [1.82, 2.24) is 37.5 Å². The Kier molecular flexibility index (Phi) is 13.2. The summed E-state index contributed by atoms with van der Waals surface area (Å²) in [5, 5.41) is 10.1. The van der Waals surface area contributed by atoms with Gasteiger partial charge in [-0.15, -0.1) is 0 Å². The highest BCUT2D eigenvalue weighted by molar-refractivity contribution is 7.90. The number of rotatable bonds is 8. The molecule has 6 aromatic heterocycles. The number of ketones is 1. The number of hydrogen-bond donors (Lipinski definition) is 0. The summed E-state index contributed by atoms with van der Waals surface area (Å²) in [6, 6.07) is 20.9. The molecule has 3 fully saturated rings. The molecule has 1 aliphatic heterocycles. The van der Waals surface area contributed by atoms with E-state index in [1.54, 1.807) is 101 Å². The first kappa shape index (κ1) is 47.2. The van der Waals surface area contributed by atoms with Gasteiger partial charge in [0, 0.05) is 110 Å². The van der Waals surface area contributed by atoms with Crippen LogP contribution in [0.2, 0.25) is 0 Å². The maximum absolute atomic E-state index is 13.5. The molecule has 1 saturated heterocycles. The number of hydrogen-bond acceptors (Lipinski definition) is 11. The summed E-state index contributed by atoms with van der Waals surface area (Å²) in [4.78, 5) is 21.4. The standard InChI is InChI=1S/C25H26N4O4S.C23H22N4O3S.2CH4/c1-28-16-20(15-27-28)23-17-29(34(30,31)21-5-3-2-4-6-21)24-22(23)13-19(14-26-24)18-7-9-25(10-8-18)32-11-12-33-25;1-26-14-18(13-25-26)22-15-27(31(29,30)20-5-3-2-4-6-20)23-21(22)11-17(12-24-23)16-7-9-19(28)10-8-16;;/h2-6,13-18H,7-12H2,1H3;2-6,11-16H,7-10H2,1H3;2*1H4. The summed E-state index contributed by atoms with van der Waals surface area (Å²) < 4.78 is 71.5. The zero-order valence-corrected chi connectivity index (χ0v) is 37.7. The molecule has 67 heavy (non-hydrogen) atoms. The Morgan fingerprint density at radius 2 is 1.00 bits per heavy atom. The number of pyridine rings is 2. The van der Waals surface area contributed by atoms with Gasteiger partial charge in [0.05, 0.1) is 35.4 Å². The van der Waals surface area contributed by atoms with Gasteiger partial charge in [0.25, 0.3) is 20.0 Å². The van der Waals surface area contributed by atoms with Gasteiger partial charge in [0.2, 0.25) is 0 Å². The van der Waals surface area contributed by atoms with E-state index in [2.05, 4.69) is 26.2 Å². The van der Waals surface area contributed by atoms with Crippen molar-refractivity contribution in [3.8, 4) is 22.3 Å². The minimum absolute atomic E-state index is 0. The second-order valence-electron chi connectivity index (χ2n) is 17.1. The van der Waals surface area contributed by atoms with E-state index < -0.39 is 25.8 Å². The molecule has 0 unspecified atom stereocenters. The van der Waals surface area contributed by atoms with Crippen molar-refractivity contribution in [3.05, 3.63) is 133 Å². The Balaban J connectivity index is 0.000000177. The van der Waals surface area contributed by atoms with E-state index >= 15 is 0 Å². The second kappa shape index (κ2) is 18.8. The molecule has 15 nitrogen and oxygen atoms in total. The van der Waals surface area contributed by atoms with Gasteiger partial charge in [0.15, 0.2) is 17.1 Å². The molecule has 8 aromatic rings. The first-order valence-electron chi connectivity index (χ1n) is 21.8. The van der Waals surface area contributed by atoms with Crippen molar-refractivity contribution >= 4 is 47.9 Å². The molecule has 2 aromatic carbocycles. The third kappa shape index (κ3) is 9.00. The Morgan fingerprint density at radius 3 is 1.40 bits per heavy atom. The lowest BCUT2D eigenvalue weighted by Crippen LogP contribution is -2.34. The zero-order valence-electron chi connectivity index (χ0n) is 36.0. The molecule has 17 heteroatoms. The highest BCUT2D eigenvalue weighted by atomic mass is 32.2. The summed E-state index contributed by atoms with van der Waals surface area (Å²) in [6.07, 6.45) is 20.5. The molecule has 2 saturated carbocycles. The smallest absolute Gasteiger partial charge is 0.269 e. The molecule has 7 heterocycles. The van der Waals surface area contributed by atoms with Crippen LogP contribution in [0.15, 0.2) is 132 Å². The van der Waals surface area contributed by atoms with Crippen LogP contribution in [0.25, 0.3) is 44.3 Å². The van der Waals surface area contributed by atoms with Gasteiger partial charge < -0.3 is 9.47 Å². The summed E-state index contributed by atoms with van der Waals surface area (Å²) in [5.41, 5.74) is 6.20. The number of nitrogens with zero attached hydrogens (tertiary/aromatic N) is 8. The Hall–Kier alpha value is -6.27. The predicted octanol–water partition coefficient (Wildman–Crippen LogP) is 9.25. The molecule has 11 rings (SSSR count). The fourth-order valence-electron chi connectivity index (χ4n) is 9.45. The van der Waals surface area contributed by atoms with Crippen LogP contribution in [0.3, 0.4) is 0 Å². The molecule has 0 bridgehead atoms. The van der Waals surface area contributed by atoms with E-state index in [0.717, 1.165) is 82.7 Å². The van der Waals surface area contributed by atoms with Crippen LogP contribution >= 0.6 is 0 Å². The molecule has 0 amide bonds. The molecule has 0 atom stereocenters. The zero-order chi connectivity index (χ0) is 44.9. The minimum Gasteiger partial charge on any atom is -0.348 e. The third-order valence-electron chi connectivity index (χ3n) is 12.9. The van der Waals surface area contributed by atoms with Crippen molar-refractivity contribution in [3.63, 3.8) is 0 Å². The average Bonchev–Trinajstić information content (AvgIpc) is 4.19. The number of benzene rings is 2. The van der Waals surface area contributed by atoms with Crippen molar-refractivity contribution in [1.29, 1.82) is 0 Å². The van der Waals surface area contributed by atoms with Crippen molar-refractivity contribution in [2.45, 2.75) is 93.6 Å². The fraction of sp³-hybridized carbons (Fsp3) is 0.340. The second-order valence-corrected chi connectivity index (χ2v) is 20.7. The summed E-state index contributed by atoms with van der Waals surface area (Å²) in [5.74, 6) is 0.472. The maximum atomic E-state index is 13.5. The minimum atomic E-state index is -3.81. The Labute approximate surface area is 391 Å². The van der Waals surface area contributed by atoms with Gasteiger partial charge in [-0.05, 0) is 85.0 Å². The lowest BCUT2D eigenvalue weighted by atomic mass is 9.81. The van der Waals surface area contributed by atoms with E-state index in [1.807, 2.05) is 38.8 Å². The molecule has 2 aliphatic carbocycles. The van der Waals surface area contributed by atoms with E-state index in [-0.39, 0.29) is 30.6 Å². The van der Waals surface area contributed by atoms with E-state index in [0.29, 0.717) is 49.1 Å². The van der Waals surface area contributed by atoms with E-state index in [9.17, 15) is 21.6 Å². The van der Waals surface area contributed by atoms with Crippen molar-refractivity contribution < 1.29 is 31.1 Å². The first-order valence-corrected chi connectivity index (χ1v) is 24.7. The normalized spacial score (nSPS) is 16.7. The molecule has 350 valence electrons. The van der Waals surface area contributed by atoms with Crippen molar-refractivity contribution in [2.75, 3.05) is 13.2 Å². The highest BCUT2D eigenvalue weighted by Crippen LogP contribution is 2.44. The van der Waals surface area contributed by atoms with Crippen LogP contribution in [0.4, 0.5) is 0 Å². The number of Topliss-reactive ketones (excluding diaryl/α,β-unsaturated/α-hetero) is 1. The molecule has 0 radical (unpaired) electrons. The lowest BCUT2D eigenvalue weighted by Gasteiger charge is -2.35. The van der Waals surface area contributed by atoms with Crippen LogP contribution in [0.1, 0.15) is 89.2 Å². The molecule has 3 aliphatic rings. The third-order valence-corrected chi connectivity index (χ3v) is 16.3. The van der Waals surface area contributed by atoms with E-state index in [1.165, 1.54) is 7.94 Å². The number of carbonyl (C=O) groups excluding carboxylic acids is 1. The summed E-state index contributed by atoms with van der Waals surface area (Å²) >= 11 is 0. The van der Waals surface area contributed by atoms with Gasteiger partial charge >= 0.3 is 0 Å². The van der Waals surface area contributed by atoms with Gasteiger partial charge in [-0.25, -0.2) is 34.7 Å². The van der Waals surface area contributed by atoms with Crippen LogP contribution in [0.5, 0.6) is 0 Å². The van der Waals surface area contributed by atoms with Crippen molar-refractivity contribution in [2.24, 2.45) is 14.1 Å². The molecular formula is C50H56N8O7S2. The lowest BCUT2D eigenvalue weighted by molar-refractivity contribution is -0.178. The summed E-state index contributed by atoms with van der Waals surface area (Å²) in [7, 11) is -3.94. The van der Waals surface area contributed by atoms with Crippen LogP contribution in [0, 0.1) is 0 Å². The van der Waals surface area contributed by atoms with Gasteiger partial charge in [-0.2, -0.15) is 10.2 Å². The predicted molar refractivity (Wildman–Crippen MR) is 257 cm³/mol. The van der Waals surface area contributed by atoms with Crippen LogP contribution < -0.4 is 0 Å². The molecule has 0 N–H and O–H groups in total. The molecule has 1 spiro atoms. The highest BCUT2D eigenvalue weighted by Gasteiger charge is 2.41. The first-order chi connectivity index (χ1) is 31.4. The average molecular weight is 945 g/mol. The number of fused-ring (bicyclic) bond motifs is 2. The SMILES string of the molecule is C.C.Cn1cc(-c2cn(S(=O)(=O)c3ccccc3)c3ncc(C4CCC(=O)CC4)cc23)cn1.Cn1cc(-c2cn(S(=O)(=O)c3ccccc3)c3ncc(C4CCC5(CC4)OCCO5)cc23)cn1. The summed E-state index contributed by atoms with van der Waals surface area (Å²) in [6.45, 7) is 1.33. The number of carbonyl (C=O) groups is 1. The monoisotopic (exact) mass is 944 g/mol. The quantitative estimate of drug-likeness (QED) is 0.142. The number of aryl methyl sites for hydroxylation is 2. The number of ether oxygens (including phenoxy) is 2. The fourth-order valence-corrected chi connectivity index (χ4v) is 12.1. The topological polar surface area (TPSA) is 175 Å². The Bertz CT molecular complexity index is 3260. The number of aromatic nitrogens is 8. The van der Waals surface area contributed by atoms with Crippen LogP contribution in [-0.4, -0.2) is 79.1 Å².